The van der Waals surface area contributed by atoms with Crippen LogP contribution in [0.5, 0.6) is 0 Å². The molecule has 0 aliphatic heterocycles. The molecule has 0 radical (unpaired) electrons. The van der Waals surface area contributed by atoms with Gasteiger partial charge in [-0.15, -0.1) is 0 Å². The van der Waals surface area contributed by atoms with Crippen LogP contribution in [0.25, 0.3) is 0 Å². The number of nitrogens with two attached hydrogens (primary N) is 1. The zero-order valence-electron chi connectivity index (χ0n) is 7.66. The number of nitrogens with one attached hydrogen (secondary N) is 2. The minimum absolute atomic E-state index is 0.265. The maximum Gasteiger partial charge on any atom is 0.273 e. The van der Waals surface area contributed by atoms with Crippen LogP contribution >= 0.6 is 0 Å². The topological polar surface area (TPSA) is 96.7 Å². The molecule has 6 heteroatoms. The molecule has 0 spiro atoms. The van der Waals surface area contributed by atoms with E-state index in [1.807, 2.05) is 13.8 Å². The Morgan fingerprint density at radius 3 is 2.92 bits per heavy atom. The molecule has 1 amide bonds. The van der Waals surface area contributed by atoms with E-state index in [-0.39, 0.29) is 11.6 Å². The summed E-state index contributed by atoms with van der Waals surface area (Å²) >= 11 is 0. The largest absolute Gasteiger partial charge is 0.344 e. The molecular formula is C7H13N5O. The second-order valence-corrected chi connectivity index (χ2v) is 3.40. The lowest BCUT2D eigenvalue weighted by Crippen LogP contribution is -2.48. The Bertz CT molecular complexity index is 279. The fourth-order valence-electron chi connectivity index (χ4n) is 0.733. The third-order valence-corrected chi connectivity index (χ3v) is 1.61. The van der Waals surface area contributed by atoms with Crippen molar-refractivity contribution in [2.45, 2.75) is 19.4 Å². The van der Waals surface area contributed by atoms with Crippen LogP contribution in [0.3, 0.4) is 0 Å². The van der Waals surface area contributed by atoms with Gasteiger partial charge in [-0.05, 0) is 13.8 Å². The van der Waals surface area contributed by atoms with Gasteiger partial charge in [-0.25, -0.2) is 0 Å². The van der Waals surface area contributed by atoms with Gasteiger partial charge in [0.05, 0.1) is 6.20 Å². The molecule has 1 rings (SSSR count). The highest BCUT2D eigenvalue weighted by molar-refractivity contribution is 5.92. The Hall–Kier alpha value is -1.43. The molecule has 0 aromatic carbocycles. The maximum absolute atomic E-state index is 11.4. The van der Waals surface area contributed by atoms with Crippen molar-refractivity contribution in [2.75, 3.05) is 6.54 Å². The summed E-state index contributed by atoms with van der Waals surface area (Å²) in [5.41, 5.74) is 5.29. The zero-order chi connectivity index (χ0) is 9.90. The van der Waals surface area contributed by atoms with Crippen molar-refractivity contribution in [3.05, 3.63) is 11.9 Å². The highest BCUT2D eigenvalue weighted by Crippen LogP contribution is 2.00. The Morgan fingerprint density at radius 2 is 2.46 bits per heavy atom. The van der Waals surface area contributed by atoms with Crippen LogP contribution in [0, 0.1) is 0 Å². The van der Waals surface area contributed by atoms with Crippen molar-refractivity contribution in [3.63, 3.8) is 0 Å². The van der Waals surface area contributed by atoms with E-state index in [0.717, 1.165) is 0 Å². The van der Waals surface area contributed by atoms with Gasteiger partial charge < -0.3 is 11.1 Å². The molecule has 1 aromatic heterocycles. The summed E-state index contributed by atoms with van der Waals surface area (Å²) < 4.78 is 0. The first-order chi connectivity index (χ1) is 6.05. The van der Waals surface area contributed by atoms with Crippen molar-refractivity contribution >= 4 is 5.91 Å². The monoisotopic (exact) mass is 183 g/mol. The Labute approximate surface area is 75.9 Å². The van der Waals surface area contributed by atoms with Gasteiger partial charge in [0.25, 0.3) is 5.91 Å². The Balaban J connectivity index is 2.61. The molecule has 0 aliphatic rings. The van der Waals surface area contributed by atoms with E-state index in [2.05, 4.69) is 20.7 Å². The third-order valence-electron chi connectivity index (χ3n) is 1.61. The number of nitrogens with zero attached hydrogens (tertiary/aromatic N) is 2. The van der Waals surface area contributed by atoms with Crippen LogP contribution in [-0.2, 0) is 0 Å². The van der Waals surface area contributed by atoms with Crippen molar-refractivity contribution in [3.8, 4) is 0 Å². The lowest BCUT2D eigenvalue weighted by molar-refractivity contribution is 0.0910. The summed E-state index contributed by atoms with van der Waals surface area (Å²) in [5, 5.41) is 12.3. The summed E-state index contributed by atoms with van der Waals surface area (Å²) in [4.78, 5) is 11.4. The molecule has 0 unspecified atom stereocenters. The summed E-state index contributed by atoms with van der Waals surface area (Å²) in [6.07, 6.45) is 1.36. The molecule has 72 valence electrons. The molecule has 0 bridgehead atoms. The number of hydrogen-bond donors (Lipinski definition) is 3. The van der Waals surface area contributed by atoms with Gasteiger partial charge in [-0.3, -0.25) is 4.79 Å². The molecule has 4 N–H and O–H groups in total. The van der Waals surface area contributed by atoms with E-state index in [1.54, 1.807) is 0 Å². The molecule has 0 saturated heterocycles. The number of aromatic amines is 1. The van der Waals surface area contributed by atoms with E-state index in [9.17, 15) is 4.79 Å². The first kappa shape index (κ1) is 9.66. The minimum Gasteiger partial charge on any atom is -0.344 e. The third kappa shape index (κ3) is 2.51. The molecule has 0 saturated carbocycles. The van der Waals surface area contributed by atoms with Gasteiger partial charge in [0.1, 0.15) is 0 Å². The smallest absolute Gasteiger partial charge is 0.273 e. The van der Waals surface area contributed by atoms with Gasteiger partial charge >= 0.3 is 0 Å². The van der Waals surface area contributed by atoms with Crippen LogP contribution in [0.2, 0.25) is 0 Å². The SMILES string of the molecule is CC(C)(CN)NC(=O)c1cn[nH]n1. The van der Waals surface area contributed by atoms with Crippen LogP contribution in [0.4, 0.5) is 0 Å². The highest BCUT2D eigenvalue weighted by Gasteiger charge is 2.20. The van der Waals surface area contributed by atoms with Crippen molar-refractivity contribution in [2.24, 2.45) is 5.73 Å². The molecule has 0 aliphatic carbocycles. The average Bonchev–Trinajstić information content (AvgIpc) is 2.55. The molecule has 1 heterocycles. The van der Waals surface area contributed by atoms with Crippen LogP contribution in [0.15, 0.2) is 6.20 Å². The Kier molecular flexibility index (Phi) is 2.62. The maximum atomic E-state index is 11.4. The molecule has 13 heavy (non-hydrogen) atoms. The van der Waals surface area contributed by atoms with E-state index in [1.165, 1.54) is 6.20 Å². The second-order valence-electron chi connectivity index (χ2n) is 3.40. The minimum atomic E-state index is -0.421. The molecule has 1 aromatic rings. The first-order valence-corrected chi connectivity index (χ1v) is 3.93. The van der Waals surface area contributed by atoms with E-state index in [0.29, 0.717) is 6.54 Å². The fourth-order valence-corrected chi connectivity index (χ4v) is 0.733. The van der Waals surface area contributed by atoms with Crippen molar-refractivity contribution in [1.82, 2.24) is 20.7 Å². The number of hydrogen-bond acceptors (Lipinski definition) is 4. The number of aromatic nitrogens is 3. The zero-order valence-corrected chi connectivity index (χ0v) is 7.66. The standard InChI is InChI=1S/C7H13N5O/c1-7(2,4-8)10-6(13)5-3-9-12-11-5/h3H,4,8H2,1-2H3,(H,10,13)(H,9,11,12). The number of amides is 1. The fraction of sp³-hybridized carbons (Fsp3) is 0.571. The number of carbonyl (C=O) groups excluding carboxylic acids is 1. The lowest BCUT2D eigenvalue weighted by Gasteiger charge is -2.23. The van der Waals surface area contributed by atoms with Crippen LogP contribution in [0.1, 0.15) is 24.3 Å². The summed E-state index contributed by atoms with van der Waals surface area (Å²) in [6.45, 7) is 4.05. The number of rotatable bonds is 3. The molecule has 0 fully saturated rings. The normalized spacial score (nSPS) is 11.3. The number of carbonyl (C=O) groups is 1. The van der Waals surface area contributed by atoms with Crippen molar-refractivity contribution < 1.29 is 4.79 Å². The molecule has 0 atom stereocenters. The van der Waals surface area contributed by atoms with E-state index >= 15 is 0 Å². The van der Waals surface area contributed by atoms with Crippen LogP contribution < -0.4 is 11.1 Å². The van der Waals surface area contributed by atoms with E-state index in [4.69, 9.17) is 5.73 Å². The van der Waals surface area contributed by atoms with Gasteiger partial charge in [-0.1, -0.05) is 0 Å². The van der Waals surface area contributed by atoms with Gasteiger partial charge in [-0.2, -0.15) is 15.4 Å². The second kappa shape index (κ2) is 3.53. The Morgan fingerprint density at radius 1 is 1.77 bits per heavy atom. The first-order valence-electron chi connectivity index (χ1n) is 3.93. The molecule has 6 nitrogen and oxygen atoms in total. The quantitative estimate of drug-likeness (QED) is 0.575. The predicted molar refractivity (Wildman–Crippen MR) is 47.0 cm³/mol. The summed E-state index contributed by atoms with van der Waals surface area (Å²) in [6, 6.07) is 0. The van der Waals surface area contributed by atoms with E-state index < -0.39 is 5.54 Å². The summed E-state index contributed by atoms with van der Waals surface area (Å²) in [5.74, 6) is -0.274. The average molecular weight is 183 g/mol. The number of H-pyrrole nitrogens is 1. The highest BCUT2D eigenvalue weighted by atomic mass is 16.2. The van der Waals surface area contributed by atoms with Crippen molar-refractivity contribution in [1.29, 1.82) is 0 Å². The molecular weight excluding hydrogens is 170 g/mol. The predicted octanol–water partition coefficient (Wildman–Crippen LogP) is -0.728. The van der Waals surface area contributed by atoms with Gasteiger partial charge in [0.15, 0.2) is 5.69 Å². The summed E-state index contributed by atoms with van der Waals surface area (Å²) in [7, 11) is 0. The van der Waals surface area contributed by atoms with Gasteiger partial charge in [0.2, 0.25) is 0 Å². The van der Waals surface area contributed by atoms with Gasteiger partial charge in [0, 0.05) is 12.1 Å². The van der Waals surface area contributed by atoms with Crippen LogP contribution in [-0.4, -0.2) is 33.4 Å². The lowest BCUT2D eigenvalue weighted by atomic mass is 10.1.